The first-order valence-corrected chi connectivity index (χ1v) is 11.4. The van der Waals surface area contributed by atoms with Crippen LogP contribution < -0.4 is 5.32 Å². The van der Waals surface area contributed by atoms with E-state index in [0.717, 1.165) is 21.0 Å². The number of thiophene rings is 1. The van der Waals surface area contributed by atoms with E-state index in [9.17, 15) is 14.9 Å². The number of nitrogens with one attached hydrogen (secondary N) is 1. The molecule has 0 fully saturated rings. The smallest absolute Gasteiger partial charge is 0.249 e. The molecule has 0 atom stereocenters. The Labute approximate surface area is 187 Å². The zero-order chi connectivity index (χ0) is 21.6. The highest BCUT2D eigenvalue weighted by molar-refractivity contribution is 7.16. The minimum Gasteiger partial charge on any atom is -0.337 e. The second-order valence-corrected chi connectivity index (χ2v) is 9.00. The molecule has 156 valence electrons. The van der Waals surface area contributed by atoms with Crippen LogP contribution in [0.15, 0.2) is 42.2 Å². The predicted molar refractivity (Wildman–Crippen MR) is 120 cm³/mol. The molecular formula is C22H19N5O2S2. The lowest BCUT2D eigenvalue weighted by Crippen LogP contribution is -2.35. The molecule has 0 bridgehead atoms. The lowest BCUT2D eigenvalue weighted by atomic mass is 10.0. The maximum Gasteiger partial charge on any atom is 0.249 e. The van der Waals surface area contributed by atoms with Gasteiger partial charge in [-0.05, 0) is 29.7 Å². The van der Waals surface area contributed by atoms with Gasteiger partial charge in [0, 0.05) is 54.3 Å². The van der Waals surface area contributed by atoms with Crippen molar-refractivity contribution in [1.29, 1.82) is 5.26 Å². The van der Waals surface area contributed by atoms with Crippen LogP contribution in [0.25, 0.3) is 6.08 Å². The highest BCUT2D eigenvalue weighted by atomic mass is 32.1. The number of aryl methyl sites for hydroxylation is 1. The standard InChI is InChI=1S/C22H19N5O2S2/c23-12-17-16-7-10-27(21(29)6-5-20-25-9-11-30-20)14-18(16)31-22(17)26-19(28)4-3-15-2-1-8-24-13-15/h1-4,8-9,11,13H,5-7,10,14H2,(H,26,28)/b4-3+. The average molecular weight is 450 g/mol. The Morgan fingerprint density at radius 2 is 2.26 bits per heavy atom. The third kappa shape index (κ3) is 5.05. The van der Waals surface area contributed by atoms with Crippen LogP contribution in [-0.2, 0) is 29.0 Å². The molecule has 0 saturated heterocycles. The van der Waals surface area contributed by atoms with Crippen LogP contribution in [0.2, 0.25) is 0 Å². The summed E-state index contributed by atoms with van der Waals surface area (Å²) in [6, 6.07) is 5.86. The van der Waals surface area contributed by atoms with Gasteiger partial charge >= 0.3 is 0 Å². The molecule has 0 spiro atoms. The number of anilines is 1. The maximum atomic E-state index is 12.6. The van der Waals surface area contributed by atoms with E-state index in [0.29, 0.717) is 42.9 Å². The predicted octanol–water partition coefficient (Wildman–Crippen LogP) is 3.64. The molecule has 4 heterocycles. The fourth-order valence-corrected chi connectivity index (χ4v) is 5.21. The first-order chi connectivity index (χ1) is 15.1. The Hall–Kier alpha value is -3.35. The van der Waals surface area contributed by atoms with Gasteiger partial charge in [-0.1, -0.05) is 6.07 Å². The lowest BCUT2D eigenvalue weighted by molar-refractivity contribution is -0.132. The summed E-state index contributed by atoms with van der Waals surface area (Å²) in [6.45, 7) is 1.04. The van der Waals surface area contributed by atoms with Crippen molar-refractivity contribution in [2.45, 2.75) is 25.8 Å². The molecule has 0 aliphatic carbocycles. The van der Waals surface area contributed by atoms with Gasteiger partial charge in [0.2, 0.25) is 11.8 Å². The molecular weight excluding hydrogens is 430 g/mol. The molecule has 0 unspecified atom stereocenters. The number of fused-ring (bicyclic) bond motifs is 1. The highest BCUT2D eigenvalue weighted by Crippen LogP contribution is 2.36. The molecule has 9 heteroatoms. The number of rotatable bonds is 6. The van der Waals surface area contributed by atoms with E-state index in [4.69, 9.17) is 0 Å². The lowest BCUT2D eigenvalue weighted by Gasteiger charge is -2.27. The van der Waals surface area contributed by atoms with Gasteiger partial charge in [0.1, 0.15) is 11.1 Å². The van der Waals surface area contributed by atoms with E-state index in [-0.39, 0.29) is 11.8 Å². The number of pyridine rings is 1. The van der Waals surface area contributed by atoms with Crippen molar-refractivity contribution in [3.63, 3.8) is 0 Å². The molecule has 1 N–H and O–H groups in total. The molecule has 0 saturated carbocycles. The van der Waals surface area contributed by atoms with Crippen molar-refractivity contribution in [3.05, 3.63) is 68.8 Å². The van der Waals surface area contributed by atoms with E-state index in [1.807, 2.05) is 16.3 Å². The zero-order valence-corrected chi connectivity index (χ0v) is 18.2. The minimum absolute atomic E-state index is 0.0812. The van der Waals surface area contributed by atoms with E-state index in [1.54, 1.807) is 42.1 Å². The van der Waals surface area contributed by atoms with Gasteiger partial charge in [0.25, 0.3) is 0 Å². The van der Waals surface area contributed by atoms with Crippen molar-refractivity contribution in [3.8, 4) is 6.07 Å². The molecule has 3 aromatic rings. The van der Waals surface area contributed by atoms with E-state index in [2.05, 4.69) is 21.4 Å². The molecule has 0 aromatic carbocycles. The summed E-state index contributed by atoms with van der Waals surface area (Å²) in [4.78, 5) is 36.0. The summed E-state index contributed by atoms with van der Waals surface area (Å²) >= 11 is 2.92. The molecule has 31 heavy (non-hydrogen) atoms. The van der Waals surface area contributed by atoms with Crippen molar-refractivity contribution in [2.24, 2.45) is 0 Å². The number of carbonyl (C=O) groups is 2. The van der Waals surface area contributed by atoms with E-state index in [1.165, 1.54) is 17.4 Å². The molecule has 2 amide bonds. The van der Waals surface area contributed by atoms with Crippen molar-refractivity contribution >= 4 is 45.6 Å². The SMILES string of the molecule is N#Cc1c(NC(=O)/C=C/c2cccnc2)sc2c1CCN(C(=O)CCc1nccs1)C2. The summed E-state index contributed by atoms with van der Waals surface area (Å²) in [5.74, 6) is -0.229. The van der Waals surface area contributed by atoms with Gasteiger partial charge in [-0.3, -0.25) is 14.6 Å². The van der Waals surface area contributed by atoms with Crippen LogP contribution >= 0.6 is 22.7 Å². The highest BCUT2D eigenvalue weighted by Gasteiger charge is 2.27. The van der Waals surface area contributed by atoms with Crippen LogP contribution in [0.4, 0.5) is 5.00 Å². The van der Waals surface area contributed by atoms with E-state index < -0.39 is 0 Å². The molecule has 3 aromatic heterocycles. The summed E-state index contributed by atoms with van der Waals surface area (Å²) in [6.07, 6.45) is 9.83. The number of hydrogen-bond donors (Lipinski definition) is 1. The molecule has 0 radical (unpaired) electrons. The van der Waals surface area contributed by atoms with Crippen LogP contribution in [0.3, 0.4) is 0 Å². The summed E-state index contributed by atoms with van der Waals surface area (Å²) in [5, 5.41) is 15.9. The number of amides is 2. The second kappa shape index (κ2) is 9.64. The summed E-state index contributed by atoms with van der Waals surface area (Å²) < 4.78 is 0. The van der Waals surface area contributed by atoms with Crippen molar-refractivity contribution in [2.75, 3.05) is 11.9 Å². The quantitative estimate of drug-likeness (QED) is 0.579. The van der Waals surface area contributed by atoms with E-state index >= 15 is 0 Å². The topological polar surface area (TPSA) is 99.0 Å². The first-order valence-electron chi connectivity index (χ1n) is 9.74. The van der Waals surface area contributed by atoms with Crippen molar-refractivity contribution < 1.29 is 9.59 Å². The normalized spacial score (nSPS) is 13.1. The number of nitriles is 1. The minimum atomic E-state index is -0.310. The zero-order valence-electron chi connectivity index (χ0n) is 16.6. The summed E-state index contributed by atoms with van der Waals surface area (Å²) in [7, 11) is 0. The Balaban J connectivity index is 1.42. The van der Waals surface area contributed by atoms with Crippen LogP contribution in [0.1, 0.15) is 33.0 Å². The van der Waals surface area contributed by atoms with Crippen LogP contribution in [-0.4, -0.2) is 33.2 Å². The fraction of sp³-hybridized carbons (Fsp3) is 0.227. The number of nitrogens with zero attached hydrogens (tertiary/aromatic N) is 4. The molecule has 7 nitrogen and oxygen atoms in total. The van der Waals surface area contributed by atoms with Gasteiger partial charge in [0.05, 0.1) is 17.1 Å². The van der Waals surface area contributed by atoms with Crippen LogP contribution in [0.5, 0.6) is 0 Å². The fourth-order valence-electron chi connectivity index (χ4n) is 3.37. The Kier molecular flexibility index (Phi) is 6.50. The third-order valence-electron chi connectivity index (χ3n) is 4.91. The number of hydrogen-bond acceptors (Lipinski definition) is 7. The monoisotopic (exact) mass is 449 g/mol. The second-order valence-electron chi connectivity index (χ2n) is 6.92. The van der Waals surface area contributed by atoms with Gasteiger partial charge in [-0.25, -0.2) is 4.98 Å². The van der Waals surface area contributed by atoms with Crippen LogP contribution in [0, 0.1) is 11.3 Å². The largest absolute Gasteiger partial charge is 0.337 e. The Morgan fingerprint density at radius 1 is 1.35 bits per heavy atom. The summed E-state index contributed by atoms with van der Waals surface area (Å²) in [5.41, 5.74) is 2.25. The first kappa shape index (κ1) is 20.9. The van der Waals surface area contributed by atoms with Crippen molar-refractivity contribution in [1.82, 2.24) is 14.9 Å². The van der Waals surface area contributed by atoms with Gasteiger partial charge in [0.15, 0.2) is 0 Å². The maximum absolute atomic E-state index is 12.6. The van der Waals surface area contributed by atoms with Gasteiger partial charge in [-0.15, -0.1) is 22.7 Å². The number of aromatic nitrogens is 2. The Morgan fingerprint density at radius 3 is 3.00 bits per heavy atom. The van der Waals surface area contributed by atoms with Gasteiger partial charge in [-0.2, -0.15) is 5.26 Å². The molecule has 1 aliphatic rings. The number of carbonyl (C=O) groups excluding carboxylic acids is 2. The number of thiazole rings is 1. The molecule has 1 aliphatic heterocycles. The Bertz CT molecular complexity index is 1150. The van der Waals surface area contributed by atoms with Gasteiger partial charge < -0.3 is 10.2 Å². The molecule has 4 rings (SSSR count). The third-order valence-corrected chi connectivity index (χ3v) is 6.88. The average Bonchev–Trinajstić information content (AvgIpc) is 3.43.